The monoisotopic (exact) mass is 291 g/mol. The van der Waals surface area contributed by atoms with Gasteiger partial charge in [-0.15, -0.1) is 0 Å². The molecule has 1 aromatic carbocycles. The number of urea groups is 1. The molecule has 4 N–H and O–H groups in total. The summed E-state index contributed by atoms with van der Waals surface area (Å²) >= 11 is 0. The zero-order valence-electron chi connectivity index (χ0n) is 12.1. The molecule has 0 aromatic heterocycles. The molecule has 0 aliphatic carbocycles. The van der Waals surface area contributed by atoms with E-state index < -0.39 is 18.1 Å². The molecule has 0 saturated carbocycles. The summed E-state index contributed by atoms with van der Waals surface area (Å²) in [7, 11) is 0. The molecule has 2 rings (SSSR count). The van der Waals surface area contributed by atoms with Gasteiger partial charge in [0, 0.05) is 12.2 Å². The number of rotatable bonds is 3. The van der Waals surface area contributed by atoms with Gasteiger partial charge in [-0.3, -0.25) is 4.79 Å². The van der Waals surface area contributed by atoms with E-state index in [0.717, 1.165) is 18.4 Å². The molecule has 1 saturated heterocycles. The summed E-state index contributed by atoms with van der Waals surface area (Å²) in [6.07, 6.45) is 1.77. The maximum absolute atomic E-state index is 12.3. The van der Waals surface area contributed by atoms with E-state index in [1.54, 1.807) is 31.2 Å². The third-order valence-electron chi connectivity index (χ3n) is 3.71. The predicted molar refractivity (Wildman–Crippen MR) is 79.6 cm³/mol. The zero-order chi connectivity index (χ0) is 15.4. The van der Waals surface area contributed by atoms with Crippen LogP contribution in [0.3, 0.4) is 0 Å². The van der Waals surface area contributed by atoms with Gasteiger partial charge in [0.05, 0.1) is 6.10 Å². The Morgan fingerprint density at radius 3 is 2.86 bits per heavy atom. The van der Waals surface area contributed by atoms with Crippen molar-refractivity contribution in [3.63, 3.8) is 0 Å². The van der Waals surface area contributed by atoms with E-state index in [9.17, 15) is 14.7 Å². The SMILES string of the molecule is CC(O)c1cccc(NC(=O)N2CCCCC2C(N)=O)c1. The van der Waals surface area contributed by atoms with Crippen LogP contribution in [0.2, 0.25) is 0 Å². The molecule has 6 nitrogen and oxygen atoms in total. The number of amides is 3. The smallest absolute Gasteiger partial charge is 0.322 e. The number of nitrogens with zero attached hydrogens (tertiary/aromatic N) is 1. The predicted octanol–water partition coefficient (Wildman–Crippen LogP) is 1.61. The number of nitrogens with one attached hydrogen (secondary N) is 1. The molecular formula is C15H21N3O3. The van der Waals surface area contributed by atoms with Crippen LogP contribution in [0.15, 0.2) is 24.3 Å². The molecule has 1 aromatic rings. The van der Waals surface area contributed by atoms with Crippen LogP contribution in [0, 0.1) is 0 Å². The molecule has 3 amide bonds. The summed E-state index contributed by atoms with van der Waals surface area (Å²) in [6, 6.07) is 6.13. The number of carbonyl (C=O) groups excluding carboxylic acids is 2. The number of hydrogen-bond acceptors (Lipinski definition) is 3. The third-order valence-corrected chi connectivity index (χ3v) is 3.71. The lowest BCUT2D eigenvalue weighted by Gasteiger charge is -2.33. The number of primary amides is 1. The first-order valence-electron chi connectivity index (χ1n) is 7.14. The van der Waals surface area contributed by atoms with Gasteiger partial charge in [0.1, 0.15) is 6.04 Å². The zero-order valence-corrected chi connectivity index (χ0v) is 12.1. The van der Waals surface area contributed by atoms with Crippen molar-refractivity contribution in [2.75, 3.05) is 11.9 Å². The number of likely N-dealkylation sites (tertiary alicyclic amines) is 1. The Hall–Kier alpha value is -2.08. The van der Waals surface area contributed by atoms with Gasteiger partial charge >= 0.3 is 6.03 Å². The molecule has 21 heavy (non-hydrogen) atoms. The van der Waals surface area contributed by atoms with Crippen molar-refractivity contribution < 1.29 is 14.7 Å². The first-order chi connectivity index (χ1) is 9.99. The maximum Gasteiger partial charge on any atom is 0.322 e. The number of nitrogens with two attached hydrogens (primary N) is 1. The summed E-state index contributed by atoms with van der Waals surface area (Å²) in [4.78, 5) is 25.2. The molecule has 114 valence electrons. The van der Waals surface area contributed by atoms with E-state index in [0.29, 0.717) is 18.7 Å². The lowest BCUT2D eigenvalue weighted by atomic mass is 10.0. The first kappa shape index (κ1) is 15.3. The van der Waals surface area contributed by atoms with Crippen molar-refractivity contribution in [3.05, 3.63) is 29.8 Å². The number of aliphatic hydroxyl groups excluding tert-OH is 1. The Balaban J connectivity index is 2.09. The average molecular weight is 291 g/mol. The number of benzene rings is 1. The number of carbonyl (C=O) groups is 2. The van der Waals surface area contributed by atoms with Gasteiger partial charge in [-0.25, -0.2) is 4.79 Å². The molecule has 0 spiro atoms. The average Bonchev–Trinajstić information content (AvgIpc) is 2.47. The number of hydrogen-bond donors (Lipinski definition) is 3. The third kappa shape index (κ3) is 3.72. The highest BCUT2D eigenvalue weighted by molar-refractivity contribution is 5.93. The van der Waals surface area contributed by atoms with Crippen LogP contribution in [-0.2, 0) is 4.79 Å². The van der Waals surface area contributed by atoms with E-state index in [-0.39, 0.29) is 6.03 Å². The van der Waals surface area contributed by atoms with Crippen LogP contribution < -0.4 is 11.1 Å². The van der Waals surface area contributed by atoms with Gasteiger partial charge in [-0.1, -0.05) is 12.1 Å². The topological polar surface area (TPSA) is 95.7 Å². The van der Waals surface area contributed by atoms with Crippen molar-refractivity contribution in [2.45, 2.75) is 38.3 Å². The van der Waals surface area contributed by atoms with E-state index in [4.69, 9.17) is 5.73 Å². The number of piperidine rings is 1. The van der Waals surface area contributed by atoms with E-state index in [2.05, 4.69) is 5.32 Å². The van der Waals surface area contributed by atoms with Crippen molar-refractivity contribution in [1.82, 2.24) is 4.90 Å². The summed E-state index contributed by atoms with van der Waals surface area (Å²) < 4.78 is 0. The highest BCUT2D eigenvalue weighted by atomic mass is 16.3. The number of aliphatic hydroxyl groups is 1. The summed E-state index contributed by atoms with van der Waals surface area (Å²) in [5.74, 6) is -0.470. The lowest BCUT2D eigenvalue weighted by Crippen LogP contribution is -2.51. The molecule has 1 aliphatic heterocycles. The lowest BCUT2D eigenvalue weighted by molar-refractivity contribution is -0.123. The maximum atomic E-state index is 12.3. The second-order valence-electron chi connectivity index (χ2n) is 5.34. The largest absolute Gasteiger partial charge is 0.389 e. The van der Waals surface area contributed by atoms with Crippen molar-refractivity contribution in [1.29, 1.82) is 0 Å². The highest BCUT2D eigenvalue weighted by Gasteiger charge is 2.30. The fourth-order valence-electron chi connectivity index (χ4n) is 2.54. The molecule has 2 atom stereocenters. The Labute approximate surface area is 123 Å². The minimum absolute atomic E-state index is 0.332. The molecule has 6 heteroatoms. The molecule has 0 bridgehead atoms. The Morgan fingerprint density at radius 1 is 1.43 bits per heavy atom. The van der Waals surface area contributed by atoms with Crippen LogP contribution >= 0.6 is 0 Å². The standard InChI is InChI=1S/C15H21N3O3/c1-10(19)11-5-4-6-12(9-11)17-15(21)18-8-3-2-7-13(18)14(16)20/h4-6,9-10,13,19H,2-3,7-8H2,1H3,(H2,16,20)(H,17,21). The molecule has 1 fully saturated rings. The van der Waals surface area contributed by atoms with E-state index >= 15 is 0 Å². The van der Waals surface area contributed by atoms with Crippen molar-refractivity contribution >= 4 is 17.6 Å². The minimum atomic E-state index is -0.602. The summed E-state index contributed by atoms with van der Waals surface area (Å²) in [6.45, 7) is 2.18. The summed E-state index contributed by atoms with van der Waals surface area (Å²) in [5, 5.41) is 12.3. The first-order valence-corrected chi connectivity index (χ1v) is 7.14. The molecule has 1 aliphatic rings. The van der Waals surface area contributed by atoms with Crippen LogP contribution in [0.25, 0.3) is 0 Å². The van der Waals surface area contributed by atoms with Crippen molar-refractivity contribution in [2.24, 2.45) is 5.73 Å². The molecule has 0 radical (unpaired) electrons. The Kier molecular flexibility index (Phi) is 4.80. The van der Waals surface area contributed by atoms with Gasteiger partial charge < -0.3 is 21.1 Å². The van der Waals surface area contributed by atoms with Crippen LogP contribution in [0.5, 0.6) is 0 Å². The normalized spacial score (nSPS) is 19.9. The van der Waals surface area contributed by atoms with E-state index in [1.807, 2.05) is 0 Å². The molecule has 2 unspecified atom stereocenters. The van der Waals surface area contributed by atoms with Gasteiger partial charge in [0.15, 0.2) is 0 Å². The van der Waals surface area contributed by atoms with Crippen LogP contribution in [-0.4, -0.2) is 34.5 Å². The van der Waals surface area contributed by atoms with Gasteiger partial charge in [0.2, 0.25) is 5.91 Å². The van der Waals surface area contributed by atoms with Gasteiger partial charge in [0.25, 0.3) is 0 Å². The summed E-state index contributed by atoms with van der Waals surface area (Å²) in [5.41, 5.74) is 6.67. The Morgan fingerprint density at radius 2 is 2.19 bits per heavy atom. The van der Waals surface area contributed by atoms with Crippen LogP contribution in [0.1, 0.15) is 37.9 Å². The van der Waals surface area contributed by atoms with Crippen LogP contribution in [0.4, 0.5) is 10.5 Å². The molecular weight excluding hydrogens is 270 g/mol. The van der Waals surface area contributed by atoms with E-state index in [1.165, 1.54) is 4.90 Å². The minimum Gasteiger partial charge on any atom is -0.389 e. The fraction of sp³-hybridized carbons (Fsp3) is 0.467. The van der Waals surface area contributed by atoms with Gasteiger partial charge in [-0.2, -0.15) is 0 Å². The fourth-order valence-corrected chi connectivity index (χ4v) is 2.54. The quantitative estimate of drug-likeness (QED) is 0.789. The molecule has 1 heterocycles. The second-order valence-corrected chi connectivity index (χ2v) is 5.34. The second kappa shape index (κ2) is 6.58. The highest BCUT2D eigenvalue weighted by Crippen LogP contribution is 2.20. The van der Waals surface area contributed by atoms with Crippen molar-refractivity contribution in [3.8, 4) is 0 Å². The number of anilines is 1. The van der Waals surface area contributed by atoms with Gasteiger partial charge in [-0.05, 0) is 43.9 Å². The Bertz CT molecular complexity index is 531.